The molecule has 2 atom stereocenters. The van der Waals surface area contributed by atoms with Gasteiger partial charge in [-0.3, -0.25) is 4.79 Å². The predicted molar refractivity (Wildman–Crippen MR) is 120 cm³/mol. The molecule has 3 aromatic rings. The Balaban J connectivity index is 1.95. The summed E-state index contributed by atoms with van der Waals surface area (Å²) in [5.74, 6) is -0.890. The van der Waals surface area contributed by atoms with E-state index in [2.05, 4.69) is 5.32 Å². The molecular weight excluding hydrogens is 436 g/mol. The lowest BCUT2D eigenvalue weighted by Gasteiger charge is -2.36. The molecule has 0 aliphatic carbocycles. The number of likely N-dealkylation sites (N-methyl/N-ethyl adjacent to an activating group) is 1. The molecule has 2 unspecified atom stereocenters. The molecule has 168 valence electrons. The smallest absolute Gasteiger partial charge is 0.407 e. The molecule has 1 amide bonds. The molecule has 0 saturated carbocycles. The number of likely N-dealkylation sites (tertiary alicyclic amines) is 1. The molecule has 0 radical (unpaired) electrons. The molecule has 4 rings (SSSR count). The number of aromatic hydroxyl groups is 2. The van der Waals surface area contributed by atoms with Crippen LogP contribution in [-0.2, 0) is 4.74 Å². The van der Waals surface area contributed by atoms with Crippen LogP contribution in [0.4, 0.5) is 4.79 Å². The molecular formula is C23H23ClN2O6. The number of rotatable bonds is 3. The maximum atomic E-state index is 13.0. The number of nitrogens with one attached hydrogen (secondary N) is 1. The van der Waals surface area contributed by atoms with Crippen LogP contribution < -0.4 is 10.7 Å². The van der Waals surface area contributed by atoms with Gasteiger partial charge in [0.25, 0.3) is 0 Å². The molecule has 2 aromatic carbocycles. The molecule has 0 spiro atoms. The number of phenols is 2. The van der Waals surface area contributed by atoms with Crippen molar-refractivity contribution in [2.45, 2.75) is 18.4 Å². The summed E-state index contributed by atoms with van der Waals surface area (Å²) in [4.78, 5) is 26.9. The second-order valence-corrected chi connectivity index (χ2v) is 8.25. The number of phenolic OH excluding ortho intramolecular Hbond substituents is 2. The molecule has 1 aromatic heterocycles. The average molecular weight is 459 g/mol. The molecule has 1 saturated heterocycles. The standard InChI is InChI=1S/C23H23ClN2O6/c1-25-23(30)32-19-11-26(2)8-7-13(19)20-15(27)9-16(28)21-17(29)10-18(31-22(20)21)12-5-3-4-6-14(12)24/h3-6,9-10,13,19,27-28H,7-8,11H2,1-2H3,(H,25,30). The Bertz CT molecular complexity index is 1240. The van der Waals surface area contributed by atoms with Crippen molar-refractivity contribution in [3.63, 3.8) is 0 Å². The van der Waals surface area contributed by atoms with Crippen LogP contribution in [0, 0.1) is 0 Å². The minimum Gasteiger partial charge on any atom is -0.507 e. The maximum absolute atomic E-state index is 13.0. The number of carbonyl (C=O) groups is 1. The summed E-state index contributed by atoms with van der Waals surface area (Å²) in [6.07, 6.45) is -0.677. The quantitative estimate of drug-likeness (QED) is 0.549. The number of carbonyl (C=O) groups excluding carboxylic acids is 1. The molecule has 8 nitrogen and oxygen atoms in total. The number of halogens is 1. The summed E-state index contributed by atoms with van der Waals surface area (Å²) in [5.41, 5.74) is 0.385. The minimum absolute atomic E-state index is 0.0463. The summed E-state index contributed by atoms with van der Waals surface area (Å²) < 4.78 is 11.7. The molecule has 1 aliphatic heterocycles. The van der Waals surface area contributed by atoms with E-state index in [1.165, 1.54) is 13.1 Å². The molecule has 9 heteroatoms. The van der Waals surface area contributed by atoms with Crippen LogP contribution in [0.15, 0.2) is 45.6 Å². The number of hydrogen-bond acceptors (Lipinski definition) is 7. The van der Waals surface area contributed by atoms with Gasteiger partial charge in [0, 0.05) is 42.8 Å². The number of benzene rings is 2. The molecule has 1 aliphatic rings. The highest BCUT2D eigenvalue weighted by atomic mass is 35.5. The van der Waals surface area contributed by atoms with Crippen LogP contribution in [0.5, 0.6) is 11.5 Å². The normalized spacial score (nSPS) is 19.1. The van der Waals surface area contributed by atoms with Crippen molar-refractivity contribution >= 4 is 28.7 Å². The Labute approximate surface area is 189 Å². The average Bonchev–Trinajstić information content (AvgIpc) is 2.74. The van der Waals surface area contributed by atoms with E-state index < -0.39 is 29.3 Å². The van der Waals surface area contributed by atoms with Gasteiger partial charge in [0.15, 0.2) is 5.43 Å². The molecule has 2 heterocycles. The molecule has 32 heavy (non-hydrogen) atoms. The van der Waals surface area contributed by atoms with Crippen molar-refractivity contribution in [3.8, 4) is 22.8 Å². The van der Waals surface area contributed by atoms with Crippen LogP contribution in [0.3, 0.4) is 0 Å². The number of alkyl carbamates (subject to hydrolysis) is 1. The predicted octanol–water partition coefficient (Wildman–Crippen LogP) is 3.67. The number of ether oxygens (including phenoxy) is 1. The summed E-state index contributed by atoms with van der Waals surface area (Å²) in [6, 6.07) is 9.29. The Morgan fingerprint density at radius 3 is 2.72 bits per heavy atom. The third kappa shape index (κ3) is 3.99. The third-order valence-electron chi connectivity index (χ3n) is 5.73. The van der Waals surface area contributed by atoms with E-state index in [0.717, 1.165) is 6.07 Å². The first-order valence-corrected chi connectivity index (χ1v) is 10.5. The van der Waals surface area contributed by atoms with E-state index in [1.807, 2.05) is 11.9 Å². The fourth-order valence-corrected chi connectivity index (χ4v) is 4.42. The number of piperidine rings is 1. The third-order valence-corrected chi connectivity index (χ3v) is 6.06. The number of amides is 1. The van der Waals surface area contributed by atoms with Gasteiger partial charge in [0.2, 0.25) is 0 Å². The van der Waals surface area contributed by atoms with Crippen molar-refractivity contribution < 1.29 is 24.2 Å². The summed E-state index contributed by atoms with van der Waals surface area (Å²) in [7, 11) is 3.37. The first kappa shape index (κ1) is 22.0. The van der Waals surface area contributed by atoms with Gasteiger partial charge in [0.05, 0.1) is 5.02 Å². The largest absolute Gasteiger partial charge is 0.507 e. The Morgan fingerprint density at radius 2 is 2.00 bits per heavy atom. The van der Waals surface area contributed by atoms with Crippen molar-refractivity contribution in [2.75, 3.05) is 27.2 Å². The minimum atomic E-state index is -0.610. The highest BCUT2D eigenvalue weighted by molar-refractivity contribution is 6.33. The van der Waals surface area contributed by atoms with Gasteiger partial charge in [0.1, 0.15) is 34.3 Å². The van der Waals surface area contributed by atoms with Crippen molar-refractivity contribution in [1.82, 2.24) is 10.2 Å². The van der Waals surface area contributed by atoms with Crippen LogP contribution in [0.1, 0.15) is 17.9 Å². The first-order valence-electron chi connectivity index (χ1n) is 10.1. The van der Waals surface area contributed by atoms with E-state index in [9.17, 15) is 19.8 Å². The second-order valence-electron chi connectivity index (χ2n) is 7.84. The van der Waals surface area contributed by atoms with Crippen molar-refractivity contribution in [3.05, 3.63) is 57.2 Å². The van der Waals surface area contributed by atoms with Crippen molar-refractivity contribution in [2.24, 2.45) is 0 Å². The SMILES string of the molecule is CNC(=O)OC1CN(C)CCC1c1c(O)cc(O)c2c(=O)cc(-c3ccccc3Cl)oc12. The topological polar surface area (TPSA) is 112 Å². The van der Waals surface area contributed by atoms with E-state index in [0.29, 0.717) is 35.7 Å². The van der Waals surface area contributed by atoms with E-state index >= 15 is 0 Å². The van der Waals surface area contributed by atoms with Gasteiger partial charge >= 0.3 is 6.09 Å². The van der Waals surface area contributed by atoms with Gasteiger partial charge in [-0.2, -0.15) is 0 Å². The lowest BCUT2D eigenvalue weighted by Crippen LogP contribution is -2.44. The van der Waals surface area contributed by atoms with Gasteiger partial charge in [-0.05, 0) is 32.1 Å². The van der Waals surface area contributed by atoms with Gasteiger partial charge in [-0.1, -0.05) is 23.7 Å². The van der Waals surface area contributed by atoms with E-state index in [1.54, 1.807) is 24.3 Å². The van der Waals surface area contributed by atoms with Crippen molar-refractivity contribution in [1.29, 1.82) is 0 Å². The summed E-state index contributed by atoms with van der Waals surface area (Å²) in [6.45, 7) is 1.10. The second kappa shape index (κ2) is 8.72. The highest BCUT2D eigenvalue weighted by Crippen LogP contribution is 2.43. The number of hydrogen-bond donors (Lipinski definition) is 3. The van der Waals surface area contributed by atoms with E-state index in [-0.39, 0.29) is 22.5 Å². The molecule has 0 bridgehead atoms. The highest BCUT2D eigenvalue weighted by Gasteiger charge is 2.36. The Hall–Kier alpha value is -3.23. The number of fused-ring (bicyclic) bond motifs is 1. The zero-order valence-corrected chi connectivity index (χ0v) is 18.3. The maximum Gasteiger partial charge on any atom is 0.407 e. The zero-order chi connectivity index (χ0) is 23.0. The van der Waals surface area contributed by atoms with Crippen LogP contribution in [-0.4, -0.2) is 54.5 Å². The Kier molecular flexibility index (Phi) is 5.99. The molecule has 3 N–H and O–H groups in total. The summed E-state index contributed by atoms with van der Waals surface area (Å²) in [5, 5.41) is 24.0. The van der Waals surface area contributed by atoms with Gasteiger partial charge in [-0.25, -0.2) is 4.79 Å². The zero-order valence-electron chi connectivity index (χ0n) is 17.6. The van der Waals surface area contributed by atoms with Crippen LogP contribution in [0.25, 0.3) is 22.3 Å². The first-order chi connectivity index (χ1) is 15.3. The number of nitrogens with zero attached hydrogens (tertiary/aromatic N) is 1. The van der Waals surface area contributed by atoms with Gasteiger partial charge in [-0.15, -0.1) is 0 Å². The fourth-order valence-electron chi connectivity index (χ4n) is 4.19. The summed E-state index contributed by atoms with van der Waals surface area (Å²) >= 11 is 6.30. The monoisotopic (exact) mass is 458 g/mol. The fraction of sp³-hybridized carbons (Fsp3) is 0.304. The van der Waals surface area contributed by atoms with Crippen LogP contribution in [0.2, 0.25) is 5.02 Å². The van der Waals surface area contributed by atoms with Gasteiger partial charge < -0.3 is 29.6 Å². The van der Waals surface area contributed by atoms with Crippen LogP contribution >= 0.6 is 11.6 Å². The van der Waals surface area contributed by atoms with E-state index in [4.69, 9.17) is 20.8 Å². The molecule has 1 fully saturated rings. The lowest BCUT2D eigenvalue weighted by atomic mass is 9.85. The lowest BCUT2D eigenvalue weighted by molar-refractivity contribution is 0.0362. The Morgan fingerprint density at radius 1 is 1.25 bits per heavy atom.